The van der Waals surface area contributed by atoms with Crippen molar-refractivity contribution in [2.24, 2.45) is 5.16 Å². The molecule has 1 saturated heterocycles. The van der Waals surface area contributed by atoms with Gasteiger partial charge < -0.3 is 10.1 Å². The van der Waals surface area contributed by atoms with Gasteiger partial charge in [-0.3, -0.25) is 0 Å². The molecule has 1 rings (SSSR count). The second kappa shape index (κ2) is 3.72. The van der Waals surface area contributed by atoms with Gasteiger partial charge in [-0.1, -0.05) is 12.1 Å². The molecule has 1 atom stereocenters. The molecule has 3 heteroatoms. The summed E-state index contributed by atoms with van der Waals surface area (Å²) in [4.78, 5) is 2.33. The Morgan fingerprint density at radius 2 is 2.45 bits per heavy atom. The molecule has 1 N–H and O–H groups in total. The Labute approximate surface area is 67.7 Å². The van der Waals surface area contributed by atoms with Gasteiger partial charge in [0.05, 0.1) is 5.71 Å². The van der Waals surface area contributed by atoms with Crippen molar-refractivity contribution in [1.82, 2.24) is 4.90 Å². The van der Waals surface area contributed by atoms with E-state index < -0.39 is 0 Å². The summed E-state index contributed by atoms with van der Waals surface area (Å²) in [5, 5.41) is 11.8. The first-order valence-electron chi connectivity index (χ1n) is 4.18. The molecule has 1 aliphatic heterocycles. The number of piperidine rings is 1. The van der Waals surface area contributed by atoms with Crippen LogP contribution in [0.15, 0.2) is 5.16 Å². The van der Waals surface area contributed by atoms with Gasteiger partial charge in [-0.15, -0.1) is 0 Å². The van der Waals surface area contributed by atoms with Crippen LogP contribution in [0.5, 0.6) is 0 Å². The molecule has 11 heavy (non-hydrogen) atoms. The zero-order valence-corrected chi connectivity index (χ0v) is 7.25. The molecule has 0 aromatic heterocycles. The van der Waals surface area contributed by atoms with E-state index >= 15 is 0 Å². The van der Waals surface area contributed by atoms with Gasteiger partial charge in [0, 0.05) is 25.4 Å². The average molecular weight is 156 g/mol. The first-order chi connectivity index (χ1) is 5.27. The Morgan fingerprint density at radius 1 is 1.73 bits per heavy atom. The van der Waals surface area contributed by atoms with Gasteiger partial charge in [0.25, 0.3) is 0 Å². The second-order valence-electron chi connectivity index (χ2n) is 3.16. The number of rotatable bonds is 1. The van der Waals surface area contributed by atoms with Gasteiger partial charge >= 0.3 is 0 Å². The second-order valence-corrected chi connectivity index (χ2v) is 3.16. The van der Waals surface area contributed by atoms with E-state index in [1.54, 1.807) is 0 Å². The lowest BCUT2D eigenvalue weighted by Crippen LogP contribution is -2.39. The van der Waals surface area contributed by atoms with Gasteiger partial charge in [-0.2, -0.15) is 0 Å². The van der Waals surface area contributed by atoms with Crippen molar-refractivity contribution in [1.29, 1.82) is 0 Å². The fraction of sp³-hybridized carbons (Fsp3) is 0.875. The maximum atomic E-state index is 8.56. The minimum Gasteiger partial charge on any atom is -0.411 e. The Morgan fingerprint density at radius 3 is 3.00 bits per heavy atom. The highest BCUT2D eigenvalue weighted by molar-refractivity contribution is 5.85. The topological polar surface area (TPSA) is 35.8 Å². The molecule has 0 spiro atoms. The maximum Gasteiger partial charge on any atom is 0.0599 e. The van der Waals surface area contributed by atoms with Crippen LogP contribution in [-0.2, 0) is 0 Å². The zero-order valence-electron chi connectivity index (χ0n) is 7.25. The van der Waals surface area contributed by atoms with Crippen molar-refractivity contribution >= 4 is 5.71 Å². The monoisotopic (exact) mass is 156 g/mol. The van der Waals surface area contributed by atoms with Crippen molar-refractivity contribution in [3.8, 4) is 0 Å². The van der Waals surface area contributed by atoms with Crippen molar-refractivity contribution in [2.75, 3.05) is 13.6 Å². The number of oxime groups is 1. The summed E-state index contributed by atoms with van der Waals surface area (Å²) >= 11 is 0. The average Bonchev–Trinajstić information content (AvgIpc) is 2.05. The van der Waals surface area contributed by atoms with E-state index in [0.717, 1.165) is 31.5 Å². The van der Waals surface area contributed by atoms with Crippen molar-refractivity contribution < 1.29 is 5.21 Å². The van der Waals surface area contributed by atoms with E-state index in [1.807, 2.05) is 0 Å². The third-order valence-corrected chi connectivity index (χ3v) is 2.46. The molecule has 0 amide bonds. The van der Waals surface area contributed by atoms with E-state index in [1.165, 1.54) is 0 Å². The van der Waals surface area contributed by atoms with E-state index in [0.29, 0.717) is 6.04 Å². The Bertz CT molecular complexity index is 156. The molecule has 0 aromatic carbocycles. The highest BCUT2D eigenvalue weighted by atomic mass is 16.4. The van der Waals surface area contributed by atoms with Crippen LogP contribution in [0.3, 0.4) is 0 Å². The minimum atomic E-state index is 0.578. The molecule has 0 unspecified atom stereocenters. The summed E-state index contributed by atoms with van der Waals surface area (Å²) < 4.78 is 0. The van der Waals surface area contributed by atoms with Crippen LogP contribution < -0.4 is 0 Å². The van der Waals surface area contributed by atoms with Gasteiger partial charge in [0.2, 0.25) is 0 Å². The fourth-order valence-electron chi connectivity index (χ4n) is 1.56. The highest BCUT2D eigenvalue weighted by Crippen LogP contribution is 2.15. The predicted octanol–water partition coefficient (Wildman–Crippen LogP) is 1.32. The van der Waals surface area contributed by atoms with Crippen LogP contribution in [0.1, 0.15) is 26.2 Å². The lowest BCUT2D eigenvalue weighted by molar-refractivity contribution is 0.223. The fourth-order valence-corrected chi connectivity index (χ4v) is 1.56. The van der Waals surface area contributed by atoms with Crippen LogP contribution in [0.25, 0.3) is 0 Å². The summed E-state index contributed by atoms with van der Waals surface area (Å²) in [7, 11) is 2.13. The number of hydrogen-bond donors (Lipinski definition) is 1. The number of hydrogen-bond acceptors (Lipinski definition) is 3. The first-order valence-corrected chi connectivity index (χ1v) is 4.18. The molecule has 64 valence electrons. The molecule has 1 fully saturated rings. The summed E-state index contributed by atoms with van der Waals surface area (Å²) in [5.41, 5.74) is 0.954. The summed E-state index contributed by atoms with van der Waals surface area (Å²) in [6.07, 6.45) is 2.99. The first kappa shape index (κ1) is 8.53. The highest BCUT2D eigenvalue weighted by Gasteiger charge is 2.21. The zero-order chi connectivity index (χ0) is 8.27. The van der Waals surface area contributed by atoms with E-state index in [2.05, 4.69) is 24.0 Å². The van der Waals surface area contributed by atoms with Gasteiger partial charge in [-0.25, -0.2) is 0 Å². The van der Waals surface area contributed by atoms with Gasteiger partial charge in [-0.05, 0) is 13.5 Å². The van der Waals surface area contributed by atoms with Crippen molar-refractivity contribution in [3.05, 3.63) is 0 Å². The summed E-state index contributed by atoms with van der Waals surface area (Å²) in [5.74, 6) is 0. The summed E-state index contributed by atoms with van der Waals surface area (Å²) in [6.45, 7) is 3.19. The SMILES string of the molecule is CC[C@H]1C/C(=N/O)CCN1C. The third-order valence-electron chi connectivity index (χ3n) is 2.46. The molecule has 1 aliphatic rings. The van der Waals surface area contributed by atoms with E-state index in [4.69, 9.17) is 5.21 Å². The molecule has 0 bridgehead atoms. The van der Waals surface area contributed by atoms with E-state index in [-0.39, 0.29) is 0 Å². The molecular weight excluding hydrogens is 140 g/mol. The summed E-state index contributed by atoms with van der Waals surface area (Å²) in [6, 6.07) is 0.578. The molecule has 0 aliphatic carbocycles. The maximum absolute atomic E-state index is 8.56. The smallest absolute Gasteiger partial charge is 0.0599 e. The van der Waals surface area contributed by atoms with Crippen LogP contribution in [-0.4, -0.2) is 35.5 Å². The van der Waals surface area contributed by atoms with Crippen molar-refractivity contribution in [2.45, 2.75) is 32.2 Å². The molecule has 0 aromatic rings. The minimum absolute atomic E-state index is 0.578. The van der Waals surface area contributed by atoms with Crippen LogP contribution in [0, 0.1) is 0 Å². The van der Waals surface area contributed by atoms with Crippen LogP contribution in [0.2, 0.25) is 0 Å². The van der Waals surface area contributed by atoms with Gasteiger partial charge in [0.15, 0.2) is 0 Å². The Hall–Kier alpha value is -0.570. The molecule has 3 nitrogen and oxygen atoms in total. The van der Waals surface area contributed by atoms with Gasteiger partial charge in [0.1, 0.15) is 0 Å². The third kappa shape index (κ3) is 1.93. The predicted molar refractivity (Wildman–Crippen MR) is 45.2 cm³/mol. The van der Waals surface area contributed by atoms with Crippen LogP contribution in [0.4, 0.5) is 0 Å². The molecular formula is C8H16N2O. The molecule has 0 radical (unpaired) electrons. The van der Waals surface area contributed by atoms with Crippen LogP contribution >= 0.6 is 0 Å². The molecule has 1 heterocycles. The standard InChI is InChI=1S/C8H16N2O/c1-3-8-6-7(9-11)4-5-10(8)2/h8,11H,3-6H2,1-2H3/b9-7+/t8-/m0/s1. The lowest BCUT2D eigenvalue weighted by Gasteiger charge is -2.31. The Balaban J connectivity index is 2.51. The largest absolute Gasteiger partial charge is 0.411 e. The number of likely N-dealkylation sites (tertiary alicyclic amines) is 1. The molecule has 0 saturated carbocycles. The quantitative estimate of drug-likeness (QED) is 0.459. The Kier molecular flexibility index (Phi) is 2.88. The van der Waals surface area contributed by atoms with E-state index in [9.17, 15) is 0 Å². The number of nitrogens with zero attached hydrogens (tertiary/aromatic N) is 2. The van der Waals surface area contributed by atoms with Crippen molar-refractivity contribution in [3.63, 3.8) is 0 Å². The lowest BCUT2D eigenvalue weighted by atomic mass is 9.99. The normalized spacial score (nSPS) is 31.1.